The number of nitrogens with zero attached hydrogens (tertiary/aromatic N) is 4. The fraction of sp³-hybridized carbons (Fsp3) is 0.105. The van der Waals surface area contributed by atoms with Crippen molar-refractivity contribution >= 4 is 17.2 Å². The van der Waals surface area contributed by atoms with Crippen LogP contribution in [-0.4, -0.2) is 38.1 Å². The van der Waals surface area contributed by atoms with Crippen LogP contribution in [0.4, 0.5) is 0 Å². The smallest absolute Gasteiger partial charge is 0.354 e. The van der Waals surface area contributed by atoms with E-state index >= 15 is 0 Å². The summed E-state index contributed by atoms with van der Waals surface area (Å²) in [5.41, 5.74) is 1.99. The lowest BCUT2D eigenvalue weighted by atomic mass is 10.2. The molecule has 0 saturated carbocycles. The molecule has 0 saturated heterocycles. The lowest BCUT2D eigenvalue weighted by Crippen LogP contribution is -2.01. The monoisotopic (exact) mass is 378 g/mol. The second-order valence-electron chi connectivity index (χ2n) is 5.69. The van der Waals surface area contributed by atoms with E-state index in [1.807, 2.05) is 0 Å². The van der Waals surface area contributed by atoms with Crippen LogP contribution in [0.15, 0.2) is 53.3 Å². The number of pyridine rings is 3. The molecule has 4 aromatic heterocycles. The molecule has 28 heavy (non-hydrogen) atoms. The maximum atomic E-state index is 10.9. The van der Waals surface area contributed by atoms with Crippen molar-refractivity contribution in [1.82, 2.24) is 19.9 Å². The molecule has 0 unspecified atom stereocenters. The van der Waals surface area contributed by atoms with E-state index < -0.39 is 5.97 Å². The molecule has 140 valence electrons. The number of ether oxygens (including phenoxy) is 2. The van der Waals surface area contributed by atoms with Crippen molar-refractivity contribution < 1.29 is 23.8 Å². The second kappa shape index (κ2) is 7.31. The highest BCUT2D eigenvalue weighted by molar-refractivity contribution is 5.85. The van der Waals surface area contributed by atoms with Gasteiger partial charge in [0.2, 0.25) is 11.6 Å². The van der Waals surface area contributed by atoms with Gasteiger partial charge in [0.15, 0.2) is 0 Å². The van der Waals surface area contributed by atoms with Crippen LogP contribution in [0, 0.1) is 0 Å². The first kappa shape index (κ1) is 17.4. The van der Waals surface area contributed by atoms with Gasteiger partial charge in [-0.3, -0.25) is 4.98 Å². The van der Waals surface area contributed by atoms with Crippen LogP contribution >= 0.6 is 0 Å². The van der Waals surface area contributed by atoms with Gasteiger partial charge in [-0.15, -0.1) is 0 Å². The lowest BCUT2D eigenvalue weighted by Gasteiger charge is -2.08. The minimum atomic E-state index is -1.10. The number of rotatable bonds is 6. The van der Waals surface area contributed by atoms with Crippen LogP contribution in [0.5, 0.6) is 11.5 Å². The minimum absolute atomic E-state index is 0.0568. The normalized spacial score (nSPS) is 10.8. The maximum absolute atomic E-state index is 10.9. The van der Waals surface area contributed by atoms with Gasteiger partial charge < -0.3 is 19.0 Å². The first-order chi connectivity index (χ1) is 13.6. The third-order valence-corrected chi connectivity index (χ3v) is 3.90. The van der Waals surface area contributed by atoms with Gasteiger partial charge in [0.05, 0.1) is 18.9 Å². The number of aromatic nitrogens is 4. The van der Waals surface area contributed by atoms with Gasteiger partial charge in [0.1, 0.15) is 35.0 Å². The second-order valence-corrected chi connectivity index (χ2v) is 5.69. The van der Waals surface area contributed by atoms with E-state index in [2.05, 4.69) is 19.9 Å². The van der Waals surface area contributed by atoms with Crippen LogP contribution < -0.4 is 9.47 Å². The Morgan fingerprint density at radius 2 is 2.07 bits per heavy atom. The summed E-state index contributed by atoms with van der Waals surface area (Å²) >= 11 is 0. The number of carboxylic acid groups (broad SMARTS) is 1. The van der Waals surface area contributed by atoms with E-state index in [-0.39, 0.29) is 18.2 Å². The molecule has 0 radical (unpaired) electrons. The number of carbonyl (C=O) groups is 1. The number of hydrogen-bond acceptors (Lipinski definition) is 8. The molecule has 0 spiro atoms. The molecular weight excluding hydrogens is 364 g/mol. The number of carboxylic acids is 1. The molecule has 1 N–H and O–H groups in total. The van der Waals surface area contributed by atoms with Crippen LogP contribution in [-0.2, 0) is 6.61 Å². The number of hydrogen-bond donors (Lipinski definition) is 1. The summed E-state index contributed by atoms with van der Waals surface area (Å²) in [7, 11) is 1.57. The predicted octanol–water partition coefficient (Wildman–Crippen LogP) is 2.97. The summed E-state index contributed by atoms with van der Waals surface area (Å²) < 4.78 is 16.6. The highest BCUT2D eigenvalue weighted by atomic mass is 16.5. The summed E-state index contributed by atoms with van der Waals surface area (Å²) in [6.45, 7) is 0.211. The number of aromatic carboxylic acids is 1. The van der Waals surface area contributed by atoms with Crippen LogP contribution in [0.1, 0.15) is 16.2 Å². The van der Waals surface area contributed by atoms with E-state index in [9.17, 15) is 4.79 Å². The summed E-state index contributed by atoms with van der Waals surface area (Å²) in [6.07, 6.45) is 4.58. The Kier molecular flexibility index (Phi) is 4.55. The Morgan fingerprint density at radius 3 is 2.82 bits per heavy atom. The predicted molar refractivity (Wildman–Crippen MR) is 97.1 cm³/mol. The molecule has 4 heterocycles. The SMILES string of the molecule is COc1cccnc1COc1cnc2oc(-c3ccc(C(=O)O)nc3)nc2c1. The van der Waals surface area contributed by atoms with Gasteiger partial charge in [-0.05, 0) is 24.3 Å². The van der Waals surface area contributed by atoms with Crippen molar-refractivity contribution in [2.75, 3.05) is 7.11 Å². The summed E-state index contributed by atoms with van der Waals surface area (Å²) in [5.74, 6) is 0.324. The maximum Gasteiger partial charge on any atom is 0.354 e. The Bertz CT molecular complexity index is 1140. The van der Waals surface area contributed by atoms with Crippen molar-refractivity contribution in [2.45, 2.75) is 6.61 Å². The van der Waals surface area contributed by atoms with Crippen molar-refractivity contribution in [1.29, 1.82) is 0 Å². The lowest BCUT2D eigenvalue weighted by molar-refractivity contribution is 0.0690. The van der Waals surface area contributed by atoms with Crippen LogP contribution in [0.25, 0.3) is 22.7 Å². The zero-order chi connectivity index (χ0) is 19.5. The molecule has 9 heteroatoms. The van der Waals surface area contributed by atoms with Crippen molar-refractivity contribution in [3.63, 3.8) is 0 Å². The standard InChI is InChI=1S/C19H14N4O5/c1-26-16-3-2-6-20-15(16)10-27-12-7-14-18(22-9-12)28-17(23-14)11-4-5-13(19(24)25)21-8-11/h2-9H,10H2,1H3,(H,24,25). The van der Waals surface area contributed by atoms with E-state index in [1.165, 1.54) is 18.5 Å². The van der Waals surface area contributed by atoms with Gasteiger partial charge in [-0.25, -0.2) is 19.7 Å². The molecule has 0 amide bonds. The molecule has 0 bridgehead atoms. The van der Waals surface area contributed by atoms with Gasteiger partial charge in [-0.2, -0.15) is 0 Å². The highest BCUT2D eigenvalue weighted by Crippen LogP contribution is 2.26. The summed E-state index contributed by atoms with van der Waals surface area (Å²) in [6, 6.07) is 8.25. The van der Waals surface area contributed by atoms with Gasteiger partial charge in [0.25, 0.3) is 0 Å². The quantitative estimate of drug-likeness (QED) is 0.539. The third-order valence-electron chi connectivity index (χ3n) is 3.90. The largest absolute Gasteiger partial charge is 0.495 e. The number of oxazole rings is 1. The van der Waals surface area contributed by atoms with Crippen LogP contribution in [0.2, 0.25) is 0 Å². The molecular formula is C19H14N4O5. The molecule has 4 aromatic rings. The molecule has 0 atom stereocenters. The Hall–Kier alpha value is -4.01. The first-order valence-electron chi connectivity index (χ1n) is 8.21. The molecule has 0 aromatic carbocycles. The zero-order valence-corrected chi connectivity index (χ0v) is 14.7. The summed E-state index contributed by atoms with van der Waals surface area (Å²) in [4.78, 5) is 27.6. The number of fused-ring (bicyclic) bond motifs is 1. The molecule has 4 rings (SSSR count). The zero-order valence-electron chi connectivity index (χ0n) is 14.7. The molecule has 0 aliphatic rings. The fourth-order valence-electron chi connectivity index (χ4n) is 2.52. The van der Waals surface area contributed by atoms with Gasteiger partial charge in [-0.1, -0.05) is 0 Å². The average Bonchev–Trinajstić information content (AvgIpc) is 3.16. The molecule has 9 nitrogen and oxygen atoms in total. The third kappa shape index (κ3) is 3.45. The fourth-order valence-corrected chi connectivity index (χ4v) is 2.52. The van der Waals surface area contributed by atoms with Crippen molar-refractivity contribution in [2.24, 2.45) is 0 Å². The summed E-state index contributed by atoms with van der Waals surface area (Å²) in [5, 5.41) is 8.92. The Labute approximate surface area is 158 Å². The van der Waals surface area contributed by atoms with Gasteiger partial charge in [0, 0.05) is 18.5 Å². The molecule has 0 aliphatic heterocycles. The average molecular weight is 378 g/mol. The van der Waals surface area contributed by atoms with E-state index in [0.717, 1.165) is 0 Å². The van der Waals surface area contributed by atoms with E-state index in [0.29, 0.717) is 34.0 Å². The number of methoxy groups -OCH3 is 1. The topological polar surface area (TPSA) is 120 Å². The molecule has 0 fully saturated rings. The van der Waals surface area contributed by atoms with E-state index in [4.69, 9.17) is 19.0 Å². The van der Waals surface area contributed by atoms with Gasteiger partial charge >= 0.3 is 5.97 Å². The van der Waals surface area contributed by atoms with Crippen LogP contribution in [0.3, 0.4) is 0 Å². The Balaban J connectivity index is 1.55. The minimum Gasteiger partial charge on any atom is -0.495 e. The van der Waals surface area contributed by atoms with Crippen molar-refractivity contribution in [3.8, 4) is 23.0 Å². The van der Waals surface area contributed by atoms with Crippen molar-refractivity contribution in [3.05, 3.63) is 60.3 Å². The highest BCUT2D eigenvalue weighted by Gasteiger charge is 2.13. The molecule has 0 aliphatic carbocycles. The van der Waals surface area contributed by atoms with E-state index in [1.54, 1.807) is 37.6 Å². The first-order valence-corrected chi connectivity index (χ1v) is 8.21. The Morgan fingerprint density at radius 1 is 1.18 bits per heavy atom.